The summed E-state index contributed by atoms with van der Waals surface area (Å²) in [6.45, 7) is 0. The summed E-state index contributed by atoms with van der Waals surface area (Å²) in [6, 6.07) is 9.31. The first-order valence-electron chi connectivity index (χ1n) is 2.61. The molecular weight excluding hydrogens is 431 g/mol. The zero-order valence-corrected chi connectivity index (χ0v) is 13.6. The van der Waals surface area contributed by atoms with Gasteiger partial charge in [-0.05, 0) is 0 Å². The van der Waals surface area contributed by atoms with Crippen LogP contribution in [0, 0.1) is 0 Å². The Kier molecular flexibility index (Phi) is 16.2. The molecule has 0 unspecified atom stereocenters. The summed E-state index contributed by atoms with van der Waals surface area (Å²) < 4.78 is 0.211. The van der Waals surface area contributed by atoms with Gasteiger partial charge in [-0.1, -0.05) is 0 Å². The summed E-state index contributed by atoms with van der Waals surface area (Å²) in [5, 5.41) is 0. The number of carbonyl (C=O) groups is 1. The molecule has 1 aromatic carbocycles. The third-order valence-electron chi connectivity index (χ3n) is 1.04. The fourth-order valence-corrected chi connectivity index (χ4v) is 0.999. The van der Waals surface area contributed by atoms with Crippen LogP contribution in [0.25, 0.3) is 0 Å². The van der Waals surface area contributed by atoms with Gasteiger partial charge in [0.25, 0.3) is 0 Å². The molecule has 0 radical (unpaired) electrons. The molecule has 0 saturated heterocycles. The third-order valence-corrected chi connectivity index (χ3v) is 1.75. The van der Waals surface area contributed by atoms with E-state index < -0.39 is 0 Å². The summed E-state index contributed by atoms with van der Waals surface area (Å²) in [7, 11) is 0. The fourth-order valence-electron chi connectivity index (χ4n) is 0.590. The predicted octanol–water partition coefficient (Wildman–Crippen LogP) is 3.11. The van der Waals surface area contributed by atoms with Crippen LogP contribution >= 0.6 is 50.9 Å². The van der Waals surface area contributed by atoms with E-state index in [0.717, 1.165) is 30.3 Å². The van der Waals surface area contributed by atoms with Crippen molar-refractivity contribution in [2.24, 2.45) is 0 Å². The number of benzene rings is 1. The van der Waals surface area contributed by atoms with Gasteiger partial charge in [-0.3, -0.25) is 0 Å². The van der Waals surface area contributed by atoms with Crippen molar-refractivity contribution in [1.29, 1.82) is 0 Å². The quantitative estimate of drug-likeness (QED) is 0.658. The molecule has 0 N–H and O–H groups in total. The van der Waals surface area contributed by atoms with Gasteiger partial charge < -0.3 is 0 Å². The van der Waals surface area contributed by atoms with Crippen LogP contribution in [0.4, 0.5) is 0 Å². The van der Waals surface area contributed by atoms with Crippen molar-refractivity contribution in [3.8, 4) is 0 Å². The van der Waals surface area contributed by atoms with Crippen molar-refractivity contribution in [2.75, 3.05) is 0 Å². The van der Waals surface area contributed by atoms with Crippen LogP contribution in [0.15, 0.2) is 30.3 Å². The van der Waals surface area contributed by atoms with Crippen molar-refractivity contribution >= 4 is 54.4 Å². The van der Waals surface area contributed by atoms with Crippen molar-refractivity contribution < 1.29 is 29.5 Å². The van der Waals surface area contributed by atoms with Crippen LogP contribution in [0.1, 0.15) is 10.4 Å². The predicted molar refractivity (Wildman–Crippen MR) is 61.7 cm³/mol. The molecule has 0 aliphatic rings. The molecule has 12 heavy (non-hydrogen) atoms. The Morgan fingerprint density at radius 3 is 1.67 bits per heavy atom. The van der Waals surface area contributed by atoms with Gasteiger partial charge >= 0.3 is 68.9 Å². The number of hydrogen-bond donors (Lipinski definition) is 0. The molecule has 0 fully saturated rings. The van der Waals surface area contributed by atoms with Crippen molar-refractivity contribution in [2.45, 2.75) is 0 Å². The van der Waals surface area contributed by atoms with E-state index in [1.807, 2.05) is 30.3 Å². The summed E-state index contributed by atoms with van der Waals surface area (Å²) in [4.78, 5) is 10.7. The molecule has 0 aromatic heterocycles. The molecule has 0 aliphatic heterocycles. The minimum absolute atomic E-state index is 0. The monoisotopic (exact) mass is 435 g/mol. The normalized spacial score (nSPS) is 6.58. The molecule has 1 aromatic rings. The van der Waals surface area contributed by atoms with Crippen LogP contribution in [0.5, 0.6) is 0 Å². The van der Waals surface area contributed by atoms with Gasteiger partial charge in [-0.25, -0.2) is 0 Å². The number of carbonyl (C=O) groups excluding carboxylic acids is 1. The fraction of sp³-hybridized carbons (Fsp3) is 0. The molecule has 0 aliphatic carbocycles. The van der Waals surface area contributed by atoms with E-state index in [1.54, 1.807) is 0 Å². The second-order valence-electron chi connectivity index (χ2n) is 1.70. The van der Waals surface area contributed by atoms with Crippen molar-refractivity contribution in [3.63, 3.8) is 0 Å². The van der Waals surface area contributed by atoms with Crippen LogP contribution in [-0.2, 0) is 24.7 Å². The Morgan fingerprint density at radius 1 is 1.00 bits per heavy atom. The maximum atomic E-state index is 10.7. The Hall–Kier alpha value is 1.21. The molecule has 5 heteroatoms. The summed E-state index contributed by atoms with van der Waals surface area (Å²) in [6.07, 6.45) is 0. The average Bonchev–Trinajstić information content (AvgIpc) is 1.90. The van der Waals surface area contributed by atoms with Gasteiger partial charge in [0.2, 0.25) is 0 Å². The number of halogens is 3. The molecule has 0 spiro atoms. The Morgan fingerprint density at radius 2 is 1.42 bits per heavy atom. The molecule has 0 bridgehead atoms. The van der Waals surface area contributed by atoms with Gasteiger partial charge in [0.15, 0.2) is 0 Å². The van der Waals surface area contributed by atoms with Gasteiger partial charge in [0.1, 0.15) is 0 Å². The Labute approximate surface area is 118 Å². The van der Waals surface area contributed by atoms with Gasteiger partial charge in [0.05, 0.1) is 0 Å². The minimum atomic E-state index is 0. The van der Waals surface area contributed by atoms with Crippen LogP contribution < -0.4 is 0 Å². The summed E-state index contributed by atoms with van der Waals surface area (Å²) >= 11 is 0.951. The zero-order chi connectivity index (χ0) is 6.69. The zero-order valence-electron chi connectivity index (χ0n) is 6.02. The van der Waals surface area contributed by atoms with E-state index in [2.05, 4.69) is 0 Å². The van der Waals surface area contributed by atoms with E-state index in [4.69, 9.17) is 0 Å². The molecule has 0 heterocycles. The Bertz CT molecular complexity index is 215. The summed E-state index contributed by atoms with van der Waals surface area (Å²) in [5.74, 6) is 0. The molecular formula is C7H8Br3OZr. The van der Waals surface area contributed by atoms with Crippen LogP contribution in [0.2, 0.25) is 0 Å². The first-order chi connectivity index (χ1) is 4.30. The topological polar surface area (TPSA) is 17.1 Å². The van der Waals surface area contributed by atoms with Crippen molar-refractivity contribution in [1.82, 2.24) is 0 Å². The summed E-state index contributed by atoms with van der Waals surface area (Å²) in [5.41, 5.74) is 0.815. The van der Waals surface area contributed by atoms with Gasteiger partial charge in [0, 0.05) is 0 Å². The molecule has 67 valence electrons. The van der Waals surface area contributed by atoms with Crippen LogP contribution in [0.3, 0.4) is 0 Å². The SMILES string of the molecule is Br.Br.Br.O=[C]([Zr])c1ccccc1. The van der Waals surface area contributed by atoms with E-state index in [-0.39, 0.29) is 54.4 Å². The van der Waals surface area contributed by atoms with E-state index >= 15 is 0 Å². The number of rotatable bonds is 1. The first-order valence-corrected chi connectivity index (χ1v) is 3.84. The second kappa shape index (κ2) is 10.3. The van der Waals surface area contributed by atoms with Gasteiger partial charge in [-0.2, -0.15) is 0 Å². The second-order valence-corrected chi connectivity index (χ2v) is 2.81. The Balaban J connectivity index is -0.000000270. The van der Waals surface area contributed by atoms with E-state index in [1.165, 1.54) is 0 Å². The van der Waals surface area contributed by atoms with E-state index in [9.17, 15) is 4.79 Å². The number of hydrogen-bond acceptors (Lipinski definition) is 1. The average molecular weight is 439 g/mol. The maximum absolute atomic E-state index is 10.7. The third kappa shape index (κ3) is 6.70. The molecule has 0 atom stereocenters. The van der Waals surface area contributed by atoms with Crippen molar-refractivity contribution in [3.05, 3.63) is 35.9 Å². The molecule has 1 nitrogen and oxygen atoms in total. The van der Waals surface area contributed by atoms with Gasteiger partial charge in [-0.15, -0.1) is 50.9 Å². The van der Waals surface area contributed by atoms with Crippen LogP contribution in [-0.4, -0.2) is 3.49 Å². The molecule has 0 saturated carbocycles. The first kappa shape index (κ1) is 18.9. The van der Waals surface area contributed by atoms with E-state index in [0.29, 0.717) is 0 Å². The molecule has 0 amide bonds. The molecule has 1 rings (SSSR count). The standard InChI is InChI=1S/C7H5O.3BrH.Zr/c8-6-7-4-2-1-3-5-7;;;;/h1-5H;3*1H;.